The van der Waals surface area contributed by atoms with Gasteiger partial charge in [-0.25, -0.2) is 0 Å². The van der Waals surface area contributed by atoms with E-state index in [9.17, 15) is 14.4 Å². The minimum atomic E-state index is -0.803. The SMILES string of the molecule is CC/C=C\C/C=C\C/C=C\C/C=C\CCC(=O)OC(COC(=O)CCCCCCCC)COC(=O)CCCCCCCCCCCCCCCCCCCCC. The highest BCUT2D eigenvalue weighted by Gasteiger charge is 2.19. The third kappa shape index (κ3) is 42.5. The molecule has 324 valence electrons. The topological polar surface area (TPSA) is 78.9 Å². The molecular weight excluding hydrogens is 697 g/mol. The lowest BCUT2D eigenvalue weighted by Gasteiger charge is -2.18. The highest BCUT2D eigenvalue weighted by molar-refractivity contribution is 5.71. The average Bonchev–Trinajstić information content (AvgIpc) is 3.19. The molecule has 6 nitrogen and oxygen atoms in total. The van der Waals surface area contributed by atoms with E-state index in [1.54, 1.807) is 0 Å². The van der Waals surface area contributed by atoms with Crippen molar-refractivity contribution in [3.05, 3.63) is 48.6 Å². The number of allylic oxidation sites excluding steroid dienone is 8. The molecule has 6 heteroatoms. The van der Waals surface area contributed by atoms with E-state index >= 15 is 0 Å². The van der Waals surface area contributed by atoms with Crippen molar-refractivity contribution in [1.29, 1.82) is 0 Å². The van der Waals surface area contributed by atoms with Gasteiger partial charge in [-0.05, 0) is 44.9 Å². The van der Waals surface area contributed by atoms with Crippen molar-refractivity contribution in [2.75, 3.05) is 13.2 Å². The maximum atomic E-state index is 12.6. The normalized spacial score (nSPS) is 12.4. The van der Waals surface area contributed by atoms with Crippen molar-refractivity contribution in [1.82, 2.24) is 0 Å². The van der Waals surface area contributed by atoms with Gasteiger partial charge < -0.3 is 14.2 Å². The lowest BCUT2D eigenvalue weighted by molar-refractivity contribution is -0.166. The Bertz CT molecular complexity index is 996. The Kier molecular flexibility index (Phi) is 43.0. The Balaban J connectivity index is 4.25. The van der Waals surface area contributed by atoms with Crippen molar-refractivity contribution in [3.63, 3.8) is 0 Å². The van der Waals surface area contributed by atoms with Crippen molar-refractivity contribution >= 4 is 17.9 Å². The number of unbranched alkanes of at least 4 members (excludes halogenated alkanes) is 23. The van der Waals surface area contributed by atoms with Crippen LogP contribution in [0.3, 0.4) is 0 Å². The molecule has 56 heavy (non-hydrogen) atoms. The molecule has 0 amide bonds. The molecule has 0 radical (unpaired) electrons. The fourth-order valence-corrected chi connectivity index (χ4v) is 6.57. The van der Waals surface area contributed by atoms with Gasteiger partial charge in [-0.1, -0.05) is 217 Å². The molecule has 0 aliphatic heterocycles. The van der Waals surface area contributed by atoms with Gasteiger partial charge in [0.1, 0.15) is 13.2 Å². The Morgan fingerprint density at radius 2 is 0.696 bits per heavy atom. The molecule has 1 unspecified atom stereocenters. The first kappa shape index (κ1) is 53.4. The standard InChI is InChI=1S/C50H88O6/c1-4-7-10-13-16-18-20-22-23-24-25-26-27-29-30-32-34-37-40-43-49(52)55-46-47(45-54-48(51)42-39-36-15-12-9-6-3)56-50(53)44-41-38-35-33-31-28-21-19-17-14-11-8-5-2/h8,11,17,19,28,31,35,38,47H,4-7,9-10,12-16,18,20-27,29-30,32-34,36-37,39-46H2,1-3H3/b11-8-,19-17-,31-28-,38-35-. The quantitative estimate of drug-likeness (QED) is 0.0265. The second-order valence-electron chi connectivity index (χ2n) is 15.6. The van der Waals surface area contributed by atoms with Gasteiger partial charge in [0.15, 0.2) is 6.10 Å². The summed E-state index contributed by atoms with van der Waals surface area (Å²) < 4.78 is 16.6. The summed E-state index contributed by atoms with van der Waals surface area (Å²) in [5.41, 5.74) is 0. The summed E-state index contributed by atoms with van der Waals surface area (Å²) in [6, 6.07) is 0. The predicted molar refractivity (Wildman–Crippen MR) is 238 cm³/mol. The first-order chi connectivity index (χ1) is 27.5. The van der Waals surface area contributed by atoms with Crippen LogP contribution in [0.15, 0.2) is 48.6 Å². The molecule has 0 aliphatic rings. The number of carbonyl (C=O) groups is 3. The van der Waals surface area contributed by atoms with E-state index in [-0.39, 0.29) is 37.5 Å². The van der Waals surface area contributed by atoms with Crippen LogP contribution >= 0.6 is 0 Å². The van der Waals surface area contributed by atoms with E-state index in [2.05, 4.69) is 57.2 Å². The fraction of sp³-hybridized carbons (Fsp3) is 0.780. The van der Waals surface area contributed by atoms with Gasteiger partial charge in [0, 0.05) is 19.3 Å². The van der Waals surface area contributed by atoms with Crippen LogP contribution in [0.4, 0.5) is 0 Å². The molecule has 0 saturated carbocycles. The van der Waals surface area contributed by atoms with E-state index < -0.39 is 6.10 Å². The minimum absolute atomic E-state index is 0.0992. The van der Waals surface area contributed by atoms with E-state index in [4.69, 9.17) is 14.2 Å². The average molecular weight is 785 g/mol. The van der Waals surface area contributed by atoms with Crippen LogP contribution in [0.2, 0.25) is 0 Å². The molecule has 0 aromatic rings. The van der Waals surface area contributed by atoms with E-state index in [0.29, 0.717) is 19.3 Å². The van der Waals surface area contributed by atoms with Gasteiger partial charge in [0.05, 0.1) is 0 Å². The molecule has 0 aliphatic carbocycles. The summed E-state index contributed by atoms with van der Waals surface area (Å²) in [4.78, 5) is 37.5. The van der Waals surface area contributed by atoms with Crippen molar-refractivity contribution in [3.8, 4) is 0 Å². The molecule has 0 fully saturated rings. The molecule has 0 heterocycles. The van der Waals surface area contributed by atoms with E-state index in [1.165, 1.54) is 122 Å². The molecule has 0 aromatic carbocycles. The first-order valence-electron chi connectivity index (χ1n) is 23.6. The van der Waals surface area contributed by atoms with Crippen LogP contribution in [0, 0.1) is 0 Å². The van der Waals surface area contributed by atoms with Gasteiger partial charge in [-0.15, -0.1) is 0 Å². The third-order valence-corrected chi connectivity index (χ3v) is 10.1. The molecule has 0 saturated heterocycles. The largest absolute Gasteiger partial charge is 0.462 e. The summed E-state index contributed by atoms with van der Waals surface area (Å²) in [5.74, 6) is -0.989. The molecule has 0 spiro atoms. The van der Waals surface area contributed by atoms with E-state index in [0.717, 1.165) is 64.2 Å². The third-order valence-electron chi connectivity index (χ3n) is 10.1. The van der Waals surface area contributed by atoms with Crippen LogP contribution in [0.5, 0.6) is 0 Å². The highest BCUT2D eigenvalue weighted by Crippen LogP contribution is 2.15. The van der Waals surface area contributed by atoms with Gasteiger partial charge in [0.2, 0.25) is 0 Å². The Morgan fingerprint density at radius 1 is 0.375 bits per heavy atom. The highest BCUT2D eigenvalue weighted by atomic mass is 16.6. The lowest BCUT2D eigenvalue weighted by atomic mass is 10.0. The van der Waals surface area contributed by atoms with Gasteiger partial charge in [0.25, 0.3) is 0 Å². The number of ether oxygens (including phenoxy) is 3. The zero-order chi connectivity index (χ0) is 40.8. The molecule has 0 aromatic heterocycles. The number of rotatable bonds is 42. The number of hydrogen-bond acceptors (Lipinski definition) is 6. The summed E-state index contributed by atoms with van der Waals surface area (Å²) in [6.07, 6.45) is 52.8. The fourth-order valence-electron chi connectivity index (χ4n) is 6.57. The Labute approximate surface area is 346 Å². The van der Waals surface area contributed by atoms with E-state index in [1.807, 2.05) is 12.2 Å². The van der Waals surface area contributed by atoms with Crippen molar-refractivity contribution in [2.24, 2.45) is 0 Å². The molecular formula is C50H88O6. The van der Waals surface area contributed by atoms with Crippen LogP contribution in [0.1, 0.15) is 233 Å². The molecule has 0 rings (SSSR count). The second kappa shape index (κ2) is 45.1. The van der Waals surface area contributed by atoms with Gasteiger partial charge in [-0.2, -0.15) is 0 Å². The van der Waals surface area contributed by atoms with Crippen LogP contribution in [0.25, 0.3) is 0 Å². The first-order valence-corrected chi connectivity index (χ1v) is 23.6. The van der Waals surface area contributed by atoms with Gasteiger partial charge in [-0.3, -0.25) is 14.4 Å². The number of hydrogen-bond donors (Lipinski definition) is 0. The Morgan fingerprint density at radius 3 is 1.05 bits per heavy atom. The molecule has 0 bridgehead atoms. The predicted octanol–water partition coefficient (Wildman–Crippen LogP) is 15.1. The van der Waals surface area contributed by atoms with Crippen molar-refractivity contribution in [2.45, 2.75) is 239 Å². The Hall–Kier alpha value is -2.63. The smallest absolute Gasteiger partial charge is 0.306 e. The summed E-state index contributed by atoms with van der Waals surface area (Å²) in [6.45, 7) is 6.40. The number of esters is 3. The maximum absolute atomic E-state index is 12.6. The lowest BCUT2D eigenvalue weighted by Crippen LogP contribution is -2.30. The molecule has 0 N–H and O–H groups in total. The maximum Gasteiger partial charge on any atom is 0.306 e. The van der Waals surface area contributed by atoms with Crippen LogP contribution < -0.4 is 0 Å². The van der Waals surface area contributed by atoms with Crippen molar-refractivity contribution < 1.29 is 28.6 Å². The zero-order valence-corrected chi connectivity index (χ0v) is 36.9. The summed E-state index contributed by atoms with van der Waals surface area (Å²) in [5, 5.41) is 0. The molecule has 1 atom stereocenters. The minimum Gasteiger partial charge on any atom is -0.462 e. The summed E-state index contributed by atoms with van der Waals surface area (Å²) in [7, 11) is 0. The number of carbonyl (C=O) groups excluding carboxylic acids is 3. The zero-order valence-electron chi connectivity index (χ0n) is 36.9. The van der Waals surface area contributed by atoms with Crippen LogP contribution in [-0.4, -0.2) is 37.2 Å². The summed E-state index contributed by atoms with van der Waals surface area (Å²) >= 11 is 0. The van der Waals surface area contributed by atoms with Crippen LogP contribution in [-0.2, 0) is 28.6 Å². The monoisotopic (exact) mass is 785 g/mol. The second-order valence-corrected chi connectivity index (χ2v) is 15.6. The van der Waals surface area contributed by atoms with Gasteiger partial charge >= 0.3 is 17.9 Å².